The number of hydrogen-bond donors (Lipinski definition) is 2. The highest BCUT2D eigenvalue weighted by Crippen LogP contribution is 2.21. The molecule has 4 heteroatoms. The van der Waals surface area contributed by atoms with Crippen molar-refractivity contribution in [3.05, 3.63) is 0 Å². The van der Waals surface area contributed by atoms with Crippen molar-refractivity contribution in [2.24, 2.45) is 0 Å². The van der Waals surface area contributed by atoms with E-state index >= 15 is 0 Å². The van der Waals surface area contributed by atoms with E-state index in [0.29, 0.717) is 12.6 Å². The molecule has 1 rings (SSSR count). The van der Waals surface area contributed by atoms with Gasteiger partial charge in [-0.25, -0.2) is 0 Å². The minimum absolute atomic E-state index is 0.0543. The maximum absolute atomic E-state index is 11.1. The van der Waals surface area contributed by atoms with E-state index in [1.165, 1.54) is 0 Å². The highest BCUT2D eigenvalue weighted by molar-refractivity contribution is 5.77. The Morgan fingerprint density at radius 3 is 2.50 bits per heavy atom. The van der Waals surface area contributed by atoms with Gasteiger partial charge in [0.25, 0.3) is 0 Å². The second-order valence-electron chi connectivity index (χ2n) is 4.05. The average Bonchev–Trinajstić information content (AvgIpc) is 2.18. The van der Waals surface area contributed by atoms with Gasteiger partial charge < -0.3 is 10.4 Å². The van der Waals surface area contributed by atoms with Crippen LogP contribution in [0.25, 0.3) is 0 Å². The molecule has 0 spiro atoms. The van der Waals surface area contributed by atoms with Gasteiger partial charge in [0.2, 0.25) is 5.91 Å². The van der Waals surface area contributed by atoms with Crippen molar-refractivity contribution in [3.63, 3.8) is 0 Å². The van der Waals surface area contributed by atoms with E-state index in [4.69, 9.17) is 0 Å². The number of rotatable bonds is 3. The van der Waals surface area contributed by atoms with Crippen molar-refractivity contribution in [2.45, 2.75) is 37.8 Å². The van der Waals surface area contributed by atoms with Gasteiger partial charge in [-0.15, -0.1) is 0 Å². The summed E-state index contributed by atoms with van der Waals surface area (Å²) in [7, 11) is 3.62. The van der Waals surface area contributed by atoms with E-state index in [1.807, 2.05) is 7.05 Å². The lowest BCUT2D eigenvalue weighted by Gasteiger charge is -2.32. The maximum Gasteiger partial charge on any atom is 0.233 e. The molecule has 0 unspecified atom stereocenters. The zero-order chi connectivity index (χ0) is 10.6. The van der Waals surface area contributed by atoms with E-state index in [0.717, 1.165) is 25.7 Å². The van der Waals surface area contributed by atoms with Crippen LogP contribution >= 0.6 is 0 Å². The third-order valence-corrected chi connectivity index (χ3v) is 2.96. The van der Waals surface area contributed by atoms with E-state index in [-0.39, 0.29) is 12.0 Å². The fraction of sp³-hybridized carbons (Fsp3) is 0.900. The standard InChI is InChI=1S/C10H20N2O2/c1-11-10(14)7-12(2)8-3-5-9(13)6-4-8/h8-9,13H,3-7H2,1-2H3,(H,11,14). The molecule has 1 saturated carbocycles. The number of nitrogens with one attached hydrogen (secondary N) is 1. The number of amides is 1. The molecule has 14 heavy (non-hydrogen) atoms. The molecule has 1 fully saturated rings. The van der Waals surface area contributed by atoms with Crippen LogP contribution in [0.1, 0.15) is 25.7 Å². The quantitative estimate of drug-likeness (QED) is 0.672. The first-order valence-electron chi connectivity index (χ1n) is 5.22. The average molecular weight is 200 g/mol. The lowest BCUT2D eigenvalue weighted by atomic mass is 9.92. The number of hydrogen-bond acceptors (Lipinski definition) is 3. The summed E-state index contributed by atoms with van der Waals surface area (Å²) in [6, 6.07) is 0.454. The fourth-order valence-electron chi connectivity index (χ4n) is 1.93. The Morgan fingerprint density at radius 2 is 2.00 bits per heavy atom. The second-order valence-corrected chi connectivity index (χ2v) is 4.05. The molecule has 1 aliphatic carbocycles. The van der Waals surface area contributed by atoms with Crippen LogP contribution in [0.2, 0.25) is 0 Å². The Hall–Kier alpha value is -0.610. The number of carbonyl (C=O) groups is 1. The van der Waals surface area contributed by atoms with Crippen LogP contribution in [-0.2, 0) is 4.79 Å². The molecule has 0 aromatic rings. The zero-order valence-corrected chi connectivity index (χ0v) is 8.99. The minimum atomic E-state index is -0.125. The van der Waals surface area contributed by atoms with Crippen LogP contribution in [0.3, 0.4) is 0 Å². The molecule has 0 aromatic heterocycles. The fourth-order valence-corrected chi connectivity index (χ4v) is 1.93. The first-order chi connectivity index (χ1) is 6.63. The number of carbonyl (C=O) groups excluding carboxylic acids is 1. The first kappa shape index (κ1) is 11.5. The predicted octanol–water partition coefficient (Wildman–Crippen LogP) is -0.0323. The molecule has 0 atom stereocenters. The van der Waals surface area contributed by atoms with E-state index in [2.05, 4.69) is 10.2 Å². The summed E-state index contributed by atoms with van der Waals surface area (Å²) >= 11 is 0. The number of aliphatic hydroxyl groups excluding tert-OH is 1. The number of likely N-dealkylation sites (N-methyl/N-ethyl adjacent to an activating group) is 2. The second kappa shape index (κ2) is 5.32. The van der Waals surface area contributed by atoms with Crippen molar-refractivity contribution in [1.82, 2.24) is 10.2 Å². The summed E-state index contributed by atoms with van der Waals surface area (Å²) < 4.78 is 0. The Labute approximate surface area is 85.3 Å². The molecule has 0 radical (unpaired) electrons. The molecule has 0 aliphatic heterocycles. The lowest BCUT2D eigenvalue weighted by molar-refractivity contribution is -0.122. The predicted molar refractivity (Wildman–Crippen MR) is 55.0 cm³/mol. The van der Waals surface area contributed by atoms with E-state index < -0.39 is 0 Å². The molecule has 82 valence electrons. The van der Waals surface area contributed by atoms with Gasteiger partial charge in [0.05, 0.1) is 12.6 Å². The van der Waals surface area contributed by atoms with E-state index in [9.17, 15) is 9.90 Å². The summed E-state index contributed by atoms with van der Waals surface area (Å²) in [5, 5.41) is 12.0. The normalized spacial score (nSPS) is 27.7. The van der Waals surface area contributed by atoms with Crippen molar-refractivity contribution < 1.29 is 9.90 Å². The molecular formula is C10H20N2O2. The zero-order valence-electron chi connectivity index (χ0n) is 8.99. The van der Waals surface area contributed by atoms with E-state index in [1.54, 1.807) is 7.05 Å². The molecule has 0 aromatic carbocycles. The largest absolute Gasteiger partial charge is 0.393 e. The molecule has 0 bridgehead atoms. The summed E-state index contributed by atoms with van der Waals surface area (Å²) in [6.07, 6.45) is 3.59. The molecule has 1 amide bonds. The van der Waals surface area contributed by atoms with Gasteiger partial charge in [-0.1, -0.05) is 0 Å². The van der Waals surface area contributed by atoms with Gasteiger partial charge in [-0.05, 0) is 32.7 Å². The SMILES string of the molecule is CNC(=O)CN(C)C1CCC(O)CC1. The molecule has 0 saturated heterocycles. The smallest absolute Gasteiger partial charge is 0.233 e. The Bertz CT molecular complexity index is 189. The van der Waals surface area contributed by atoms with Crippen LogP contribution in [0.4, 0.5) is 0 Å². The molecular weight excluding hydrogens is 180 g/mol. The Kier molecular flexibility index (Phi) is 4.35. The maximum atomic E-state index is 11.1. The van der Waals surface area contributed by atoms with Gasteiger partial charge >= 0.3 is 0 Å². The third kappa shape index (κ3) is 3.27. The first-order valence-corrected chi connectivity index (χ1v) is 5.22. The van der Waals surface area contributed by atoms with Gasteiger partial charge in [0.1, 0.15) is 0 Å². The highest BCUT2D eigenvalue weighted by atomic mass is 16.3. The number of nitrogens with zero attached hydrogens (tertiary/aromatic N) is 1. The van der Waals surface area contributed by atoms with Crippen molar-refractivity contribution in [3.8, 4) is 0 Å². The summed E-state index contributed by atoms with van der Waals surface area (Å²) in [5.74, 6) is 0.0543. The molecule has 2 N–H and O–H groups in total. The van der Waals surface area contributed by atoms with Crippen molar-refractivity contribution in [2.75, 3.05) is 20.6 Å². The number of aliphatic hydroxyl groups is 1. The van der Waals surface area contributed by atoms with Crippen LogP contribution < -0.4 is 5.32 Å². The van der Waals surface area contributed by atoms with Gasteiger partial charge in [-0.2, -0.15) is 0 Å². The monoisotopic (exact) mass is 200 g/mol. The highest BCUT2D eigenvalue weighted by Gasteiger charge is 2.23. The minimum Gasteiger partial charge on any atom is -0.393 e. The topological polar surface area (TPSA) is 52.6 Å². The summed E-state index contributed by atoms with van der Waals surface area (Å²) in [6.45, 7) is 0.456. The van der Waals surface area contributed by atoms with Gasteiger partial charge in [-0.3, -0.25) is 9.69 Å². The third-order valence-electron chi connectivity index (χ3n) is 2.96. The van der Waals surface area contributed by atoms with Crippen molar-refractivity contribution >= 4 is 5.91 Å². The lowest BCUT2D eigenvalue weighted by Crippen LogP contribution is -2.41. The van der Waals surface area contributed by atoms with Gasteiger partial charge in [0.15, 0.2) is 0 Å². The molecule has 1 aliphatic rings. The summed E-state index contributed by atoms with van der Waals surface area (Å²) in [5.41, 5.74) is 0. The molecule has 4 nitrogen and oxygen atoms in total. The summed E-state index contributed by atoms with van der Waals surface area (Å²) in [4.78, 5) is 13.2. The Balaban J connectivity index is 2.30. The van der Waals surface area contributed by atoms with Crippen LogP contribution in [0.15, 0.2) is 0 Å². The van der Waals surface area contributed by atoms with Crippen molar-refractivity contribution in [1.29, 1.82) is 0 Å². The Morgan fingerprint density at radius 1 is 1.43 bits per heavy atom. The molecule has 0 heterocycles. The van der Waals surface area contributed by atoms with Crippen LogP contribution in [0, 0.1) is 0 Å². The van der Waals surface area contributed by atoms with Crippen LogP contribution in [0.5, 0.6) is 0 Å². The van der Waals surface area contributed by atoms with Crippen LogP contribution in [-0.4, -0.2) is 48.7 Å². The van der Waals surface area contributed by atoms with Gasteiger partial charge in [0, 0.05) is 13.1 Å².